The van der Waals surface area contributed by atoms with E-state index in [0.717, 1.165) is 12.1 Å². The van der Waals surface area contributed by atoms with Crippen molar-refractivity contribution in [2.75, 3.05) is 40.3 Å². The molecule has 0 saturated carbocycles. The number of aromatic hydroxyl groups is 1. The highest BCUT2D eigenvalue weighted by Crippen LogP contribution is 2.31. The van der Waals surface area contributed by atoms with Crippen LogP contribution in [0.5, 0.6) is 5.75 Å². The van der Waals surface area contributed by atoms with Crippen LogP contribution in [0.2, 0.25) is 0 Å². The van der Waals surface area contributed by atoms with Crippen molar-refractivity contribution in [2.45, 2.75) is 33.6 Å². The molecule has 6 nitrogen and oxygen atoms in total. The molecule has 1 aliphatic rings. The Hall–Kier alpha value is -1.60. The lowest BCUT2D eigenvalue weighted by molar-refractivity contribution is -0.126. The molecule has 0 aromatic heterocycles. The van der Waals surface area contributed by atoms with Gasteiger partial charge in [0.15, 0.2) is 0 Å². The van der Waals surface area contributed by atoms with E-state index in [-0.39, 0.29) is 28.9 Å². The zero-order valence-electron chi connectivity index (χ0n) is 17.5. The van der Waals surface area contributed by atoms with Gasteiger partial charge in [0, 0.05) is 32.1 Å². The van der Waals surface area contributed by atoms with Gasteiger partial charge in [0.05, 0.1) is 10.0 Å². The number of aryl methyl sites for hydroxylation is 1. The zero-order chi connectivity index (χ0) is 21.1. The molecule has 1 fully saturated rings. The van der Waals surface area contributed by atoms with Crippen LogP contribution in [0.1, 0.15) is 42.6 Å². The molecule has 0 spiro atoms. The third-order valence-corrected chi connectivity index (χ3v) is 5.68. The van der Waals surface area contributed by atoms with Gasteiger partial charge < -0.3 is 20.2 Å². The van der Waals surface area contributed by atoms with Gasteiger partial charge in [0.1, 0.15) is 5.75 Å². The first-order valence-electron chi connectivity index (χ1n) is 9.71. The minimum atomic E-state index is -0.187. The summed E-state index contributed by atoms with van der Waals surface area (Å²) in [6.07, 6.45) is 1.28. The molecule has 1 saturated heterocycles. The maximum atomic E-state index is 12.8. The Morgan fingerprint density at radius 3 is 2.46 bits per heavy atom. The maximum Gasteiger partial charge on any atom is 0.257 e. The lowest BCUT2D eigenvalue weighted by atomic mass is 9.91. The van der Waals surface area contributed by atoms with E-state index in [2.05, 4.69) is 40.0 Å². The van der Waals surface area contributed by atoms with E-state index in [1.807, 2.05) is 21.0 Å². The minimum Gasteiger partial charge on any atom is -0.506 e. The van der Waals surface area contributed by atoms with Crippen molar-refractivity contribution in [3.8, 4) is 5.75 Å². The van der Waals surface area contributed by atoms with E-state index < -0.39 is 0 Å². The van der Waals surface area contributed by atoms with Gasteiger partial charge in [-0.05, 0) is 72.9 Å². The zero-order valence-corrected chi connectivity index (χ0v) is 19.1. The number of hydrogen-bond acceptors (Lipinski definition) is 4. The van der Waals surface area contributed by atoms with Crippen LogP contribution in [0.4, 0.5) is 0 Å². The summed E-state index contributed by atoms with van der Waals surface area (Å²) in [4.78, 5) is 29.2. The number of phenols is 1. The fraction of sp³-hybridized carbons (Fsp3) is 0.619. The van der Waals surface area contributed by atoms with Gasteiger partial charge in [-0.1, -0.05) is 13.8 Å². The summed E-state index contributed by atoms with van der Waals surface area (Å²) >= 11 is 3.29. The molecule has 1 aromatic rings. The van der Waals surface area contributed by atoms with Gasteiger partial charge in [-0.3, -0.25) is 9.59 Å². The number of halogens is 1. The Bertz CT molecular complexity index is 726. The van der Waals surface area contributed by atoms with Crippen molar-refractivity contribution in [2.24, 2.45) is 11.3 Å². The number of amides is 2. The lowest BCUT2D eigenvalue weighted by Gasteiger charge is -2.33. The summed E-state index contributed by atoms with van der Waals surface area (Å²) in [6.45, 7) is 8.73. The average Bonchev–Trinajstić information content (AvgIpc) is 2.61. The highest BCUT2D eigenvalue weighted by molar-refractivity contribution is 9.10. The Balaban J connectivity index is 1.90. The van der Waals surface area contributed by atoms with Gasteiger partial charge in [-0.15, -0.1) is 0 Å². The number of phenolic OH excluding ortho intramolecular Hbond substituents is 1. The molecule has 1 heterocycles. The molecule has 0 atom stereocenters. The molecule has 1 aromatic carbocycles. The van der Waals surface area contributed by atoms with Crippen LogP contribution in [0.3, 0.4) is 0 Å². The second kappa shape index (κ2) is 9.27. The smallest absolute Gasteiger partial charge is 0.257 e. The molecule has 156 valence electrons. The number of benzene rings is 1. The fourth-order valence-corrected chi connectivity index (χ4v) is 4.37. The predicted octanol–water partition coefficient (Wildman–Crippen LogP) is 3.02. The first kappa shape index (κ1) is 22.7. The van der Waals surface area contributed by atoms with Crippen molar-refractivity contribution < 1.29 is 14.7 Å². The van der Waals surface area contributed by atoms with Crippen molar-refractivity contribution in [3.63, 3.8) is 0 Å². The molecule has 1 aliphatic heterocycles. The number of carbonyl (C=O) groups is 2. The Morgan fingerprint density at radius 2 is 1.89 bits per heavy atom. The Kier molecular flexibility index (Phi) is 7.51. The van der Waals surface area contributed by atoms with Crippen molar-refractivity contribution >= 4 is 27.7 Å². The third-order valence-electron chi connectivity index (χ3n) is 5.08. The third kappa shape index (κ3) is 5.95. The largest absolute Gasteiger partial charge is 0.506 e. The van der Waals surface area contributed by atoms with E-state index >= 15 is 0 Å². The molecular formula is C21H32BrN3O3. The summed E-state index contributed by atoms with van der Waals surface area (Å²) in [5.41, 5.74) is 1.22. The van der Waals surface area contributed by atoms with Gasteiger partial charge in [0.2, 0.25) is 5.91 Å². The number of hydrogen-bond donors (Lipinski definition) is 2. The standard InChI is InChI=1S/C21H32BrN3O3/c1-14-10-16(18(26)17(22)11-14)20(28)25-8-6-15(7-9-25)19(27)23-12-21(2,3)13-24(4)5/h10-11,15,26H,6-9,12-13H2,1-5H3,(H,23,27). The molecule has 0 radical (unpaired) electrons. The number of carbonyl (C=O) groups excluding carboxylic acids is 2. The van der Waals surface area contributed by atoms with Crippen LogP contribution in [-0.2, 0) is 4.79 Å². The quantitative estimate of drug-likeness (QED) is 0.693. The normalized spacial score (nSPS) is 15.8. The molecular weight excluding hydrogens is 422 g/mol. The summed E-state index contributed by atoms with van der Waals surface area (Å²) in [6, 6.07) is 3.48. The molecule has 0 bridgehead atoms. The van der Waals surface area contributed by atoms with E-state index in [1.165, 1.54) is 0 Å². The predicted molar refractivity (Wildman–Crippen MR) is 115 cm³/mol. The molecule has 0 aliphatic carbocycles. The second-order valence-corrected chi connectivity index (χ2v) is 9.68. The first-order chi connectivity index (χ1) is 13.0. The first-order valence-corrected chi connectivity index (χ1v) is 10.5. The van der Waals surface area contributed by atoms with E-state index in [0.29, 0.717) is 42.5 Å². The Labute approximate surface area is 176 Å². The number of piperidine rings is 1. The summed E-state index contributed by atoms with van der Waals surface area (Å²) in [5, 5.41) is 13.3. The van der Waals surface area contributed by atoms with E-state index in [4.69, 9.17) is 0 Å². The van der Waals surface area contributed by atoms with Gasteiger partial charge >= 0.3 is 0 Å². The fourth-order valence-electron chi connectivity index (χ4n) is 3.80. The van der Waals surface area contributed by atoms with Crippen LogP contribution in [0.25, 0.3) is 0 Å². The molecule has 28 heavy (non-hydrogen) atoms. The number of nitrogens with one attached hydrogen (secondary N) is 1. The number of rotatable bonds is 6. The SMILES string of the molecule is Cc1cc(Br)c(O)c(C(=O)N2CCC(C(=O)NCC(C)(C)CN(C)C)CC2)c1. The van der Waals surface area contributed by atoms with Crippen LogP contribution < -0.4 is 5.32 Å². The van der Waals surface area contributed by atoms with Crippen LogP contribution in [-0.4, -0.2) is 67.0 Å². The second-order valence-electron chi connectivity index (χ2n) is 8.83. The lowest BCUT2D eigenvalue weighted by Crippen LogP contribution is -2.46. The van der Waals surface area contributed by atoms with E-state index in [9.17, 15) is 14.7 Å². The van der Waals surface area contributed by atoms with Gasteiger partial charge in [-0.25, -0.2) is 0 Å². The molecule has 2 N–H and O–H groups in total. The molecule has 2 amide bonds. The molecule has 2 rings (SSSR count). The van der Waals surface area contributed by atoms with E-state index in [1.54, 1.807) is 17.0 Å². The highest BCUT2D eigenvalue weighted by Gasteiger charge is 2.30. The number of nitrogens with zero attached hydrogens (tertiary/aromatic N) is 2. The van der Waals surface area contributed by atoms with Crippen LogP contribution >= 0.6 is 15.9 Å². The summed E-state index contributed by atoms with van der Waals surface area (Å²) in [5.74, 6) is -0.219. The molecule has 7 heteroatoms. The summed E-state index contributed by atoms with van der Waals surface area (Å²) < 4.78 is 0.519. The summed E-state index contributed by atoms with van der Waals surface area (Å²) in [7, 11) is 4.06. The topological polar surface area (TPSA) is 72.9 Å². The van der Waals surface area contributed by atoms with Gasteiger partial charge in [0.25, 0.3) is 5.91 Å². The van der Waals surface area contributed by atoms with Crippen molar-refractivity contribution in [3.05, 3.63) is 27.7 Å². The highest BCUT2D eigenvalue weighted by atomic mass is 79.9. The van der Waals surface area contributed by atoms with Crippen LogP contribution in [0.15, 0.2) is 16.6 Å². The van der Waals surface area contributed by atoms with Crippen molar-refractivity contribution in [1.29, 1.82) is 0 Å². The Morgan fingerprint density at radius 1 is 1.29 bits per heavy atom. The maximum absolute atomic E-state index is 12.8. The monoisotopic (exact) mass is 453 g/mol. The van der Waals surface area contributed by atoms with Gasteiger partial charge in [-0.2, -0.15) is 0 Å². The van der Waals surface area contributed by atoms with Crippen LogP contribution in [0, 0.1) is 18.3 Å². The van der Waals surface area contributed by atoms with Crippen molar-refractivity contribution in [1.82, 2.24) is 15.1 Å². The molecule has 0 unspecified atom stereocenters. The average molecular weight is 454 g/mol. The number of likely N-dealkylation sites (tertiary alicyclic amines) is 1. The minimum absolute atomic E-state index is 0.00586.